The number of aromatic nitrogens is 2. The van der Waals surface area contributed by atoms with Crippen LogP contribution in [0.15, 0.2) is 146 Å². The molecule has 0 atom stereocenters. The van der Waals surface area contributed by atoms with Crippen molar-refractivity contribution in [3.05, 3.63) is 179 Å². The lowest BCUT2D eigenvalue weighted by atomic mass is 10.1. The Balaban J connectivity index is 0.000000297. The van der Waals surface area contributed by atoms with E-state index in [1.807, 2.05) is 27.7 Å². The molecule has 0 radical (unpaired) electrons. The van der Waals surface area contributed by atoms with Crippen LogP contribution in [0.25, 0.3) is 44.3 Å². The Labute approximate surface area is 375 Å². The monoisotopic (exact) mass is 831 g/mol. The van der Waals surface area contributed by atoms with Gasteiger partial charge in [-0.25, -0.2) is 0 Å². The summed E-state index contributed by atoms with van der Waals surface area (Å²) in [5.74, 6) is 1.89. The highest BCUT2D eigenvalue weighted by Crippen LogP contribution is 2.36. The summed E-state index contributed by atoms with van der Waals surface area (Å²) in [6.45, 7) is 24.3. The van der Waals surface area contributed by atoms with Crippen molar-refractivity contribution in [1.29, 1.82) is 0 Å². The first-order valence-corrected chi connectivity index (χ1v) is 22.1. The Hall–Kier alpha value is -6.00. The van der Waals surface area contributed by atoms with Crippen LogP contribution < -0.4 is 9.47 Å². The van der Waals surface area contributed by atoms with Crippen LogP contribution in [-0.2, 0) is 13.1 Å². The molecule has 0 aliphatic carbocycles. The molecule has 0 fully saturated rings. The maximum atomic E-state index is 5.73. The molecule has 0 unspecified atom stereocenters. The van der Waals surface area contributed by atoms with Gasteiger partial charge in [0.05, 0.1) is 24.6 Å². The minimum atomic E-state index is 0. The van der Waals surface area contributed by atoms with E-state index in [-0.39, 0.29) is 14.9 Å². The molecular formula is C58H74N2O2. The molecule has 0 aliphatic rings. The van der Waals surface area contributed by atoms with Crippen LogP contribution in [0, 0.1) is 27.7 Å². The molecule has 6 aromatic carbocycles. The normalized spacial score (nSPS) is 10.2. The number of hydrogen-bond donors (Lipinski definition) is 0. The van der Waals surface area contributed by atoms with E-state index < -0.39 is 0 Å². The number of benzene rings is 6. The first-order chi connectivity index (χ1) is 29.3. The molecule has 62 heavy (non-hydrogen) atoms. The van der Waals surface area contributed by atoms with Gasteiger partial charge in [0, 0.05) is 34.9 Å². The lowest BCUT2D eigenvalue weighted by Gasteiger charge is -2.13. The maximum Gasteiger partial charge on any atom is 0.119 e. The minimum Gasteiger partial charge on any atom is -0.494 e. The summed E-state index contributed by atoms with van der Waals surface area (Å²) in [4.78, 5) is 0. The summed E-state index contributed by atoms with van der Waals surface area (Å²) in [5, 5.41) is 2.67. The zero-order valence-electron chi connectivity index (χ0n) is 37.8. The predicted octanol–water partition coefficient (Wildman–Crippen LogP) is 16.8. The Bertz CT molecular complexity index is 2330. The SMILES string of the molecule is C.C.CC.CC.CCCOc1ccc(Cn2c(-c3ccccc3)c(C)c3cc(C)ccc32)cc1.CCCOc1ccc(Cn2c(-c3ccccc3)c(C)c3cc(C)ccc32)cc1. The van der Waals surface area contributed by atoms with E-state index >= 15 is 0 Å². The zero-order chi connectivity index (χ0) is 43.0. The van der Waals surface area contributed by atoms with Crippen molar-refractivity contribution in [2.75, 3.05) is 13.2 Å². The van der Waals surface area contributed by atoms with Gasteiger partial charge in [-0.3, -0.25) is 0 Å². The van der Waals surface area contributed by atoms with E-state index in [4.69, 9.17) is 9.47 Å². The Morgan fingerprint density at radius 1 is 0.419 bits per heavy atom. The molecule has 0 saturated heterocycles. The predicted molar refractivity (Wildman–Crippen MR) is 273 cm³/mol. The molecular weight excluding hydrogens is 757 g/mol. The summed E-state index contributed by atoms with van der Waals surface area (Å²) in [6.07, 6.45) is 2.05. The maximum absolute atomic E-state index is 5.73. The second kappa shape index (κ2) is 25.1. The number of fused-ring (bicyclic) bond motifs is 2. The fourth-order valence-corrected chi connectivity index (χ4v) is 7.72. The van der Waals surface area contributed by atoms with Crippen LogP contribution >= 0.6 is 0 Å². The zero-order valence-corrected chi connectivity index (χ0v) is 37.8. The van der Waals surface area contributed by atoms with E-state index in [1.165, 1.54) is 77.7 Å². The molecule has 8 rings (SSSR count). The van der Waals surface area contributed by atoms with Gasteiger partial charge < -0.3 is 18.6 Å². The molecule has 4 heteroatoms. The van der Waals surface area contributed by atoms with E-state index in [2.05, 4.69) is 196 Å². The van der Waals surface area contributed by atoms with Crippen LogP contribution in [0.2, 0.25) is 0 Å². The third kappa shape index (κ3) is 12.1. The van der Waals surface area contributed by atoms with E-state index in [0.717, 1.165) is 50.6 Å². The molecule has 0 amide bonds. The third-order valence-corrected chi connectivity index (χ3v) is 10.5. The van der Waals surface area contributed by atoms with Gasteiger partial charge >= 0.3 is 0 Å². The second-order valence-electron chi connectivity index (χ2n) is 14.9. The molecule has 0 spiro atoms. The van der Waals surface area contributed by atoms with Crippen molar-refractivity contribution >= 4 is 21.8 Å². The van der Waals surface area contributed by atoms with Crippen molar-refractivity contribution < 1.29 is 9.47 Å². The van der Waals surface area contributed by atoms with Gasteiger partial charge in [0.2, 0.25) is 0 Å². The molecule has 2 aromatic heterocycles. The van der Waals surface area contributed by atoms with Gasteiger partial charge in [-0.15, -0.1) is 0 Å². The Morgan fingerprint density at radius 2 is 0.758 bits per heavy atom. The Kier molecular flexibility index (Phi) is 20.4. The summed E-state index contributed by atoms with van der Waals surface area (Å²) < 4.78 is 16.4. The highest BCUT2D eigenvalue weighted by molar-refractivity contribution is 5.93. The van der Waals surface area contributed by atoms with Gasteiger partial charge in [-0.1, -0.05) is 165 Å². The van der Waals surface area contributed by atoms with E-state index in [1.54, 1.807) is 0 Å². The quantitative estimate of drug-likeness (QED) is 0.123. The van der Waals surface area contributed by atoms with E-state index in [9.17, 15) is 0 Å². The van der Waals surface area contributed by atoms with Crippen LogP contribution in [0.5, 0.6) is 11.5 Å². The molecule has 0 bridgehead atoms. The summed E-state index contributed by atoms with van der Waals surface area (Å²) in [6, 6.07) is 51.9. The molecule has 328 valence electrons. The van der Waals surface area contributed by atoms with Gasteiger partial charge in [0.15, 0.2) is 0 Å². The van der Waals surface area contributed by atoms with Gasteiger partial charge in [-0.05, 0) is 122 Å². The van der Waals surface area contributed by atoms with E-state index in [0.29, 0.717) is 0 Å². The summed E-state index contributed by atoms with van der Waals surface area (Å²) in [5.41, 5.74) is 15.5. The largest absolute Gasteiger partial charge is 0.494 e. The number of ether oxygens (including phenoxy) is 2. The average molecular weight is 831 g/mol. The van der Waals surface area contributed by atoms with Gasteiger partial charge in [0.1, 0.15) is 11.5 Å². The van der Waals surface area contributed by atoms with Crippen LogP contribution in [0.4, 0.5) is 0 Å². The third-order valence-electron chi connectivity index (χ3n) is 10.5. The fourth-order valence-electron chi connectivity index (χ4n) is 7.72. The highest BCUT2D eigenvalue weighted by Gasteiger charge is 2.18. The first-order valence-electron chi connectivity index (χ1n) is 22.1. The average Bonchev–Trinajstić information content (AvgIpc) is 3.72. The lowest BCUT2D eigenvalue weighted by molar-refractivity contribution is 0.317. The standard InChI is InChI=1S/2C26H27NO.2C2H6.2CH4/c2*1-4-16-28-23-13-11-21(12-14-23)18-27-25-15-10-19(2)17-24(25)20(3)26(27)22-8-6-5-7-9-22;2*1-2;;/h2*5-15,17H,4,16,18H2,1-3H3;2*1-2H3;2*1H4. The molecule has 4 nitrogen and oxygen atoms in total. The highest BCUT2D eigenvalue weighted by atomic mass is 16.5. The van der Waals surface area contributed by atoms with Crippen molar-refractivity contribution in [2.24, 2.45) is 0 Å². The summed E-state index contributed by atoms with van der Waals surface area (Å²) in [7, 11) is 0. The van der Waals surface area contributed by atoms with Gasteiger partial charge in [-0.2, -0.15) is 0 Å². The van der Waals surface area contributed by atoms with Crippen LogP contribution in [0.3, 0.4) is 0 Å². The topological polar surface area (TPSA) is 28.3 Å². The second-order valence-corrected chi connectivity index (χ2v) is 14.9. The minimum absolute atomic E-state index is 0. The molecule has 0 N–H and O–H groups in total. The number of nitrogens with zero attached hydrogens (tertiary/aromatic N) is 2. The number of hydrogen-bond acceptors (Lipinski definition) is 2. The van der Waals surface area contributed by atoms with Crippen molar-refractivity contribution in [1.82, 2.24) is 9.13 Å². The molecule has 2 heterocycles. The first kappa shape index (κ1) is 50.4. The van der Waals surface area contributed by atoms with Crippen molar-refractivity contribution in [3.8, 4) is 34.0 Å². The summed E-state index contributed by atoms with van der Waals surface area (Å²) >= 11 is 0. The van der Waals surface area contributed by atoms with Crippen molar-refractivity contribution in [3.63, 3.8) is 0 Å². The molecule has 0 saturated carbocycles. The van der Waals surface area contributed by atoms with Crippen LogP contribution in [0.1, 0.15) is 103 Å². The van der Waals surface area contributed by atoms with Gasteiger partial charge in [0.25, 0.3) is 0 Å². The lowest BCUT2D eigenvalue weighted by Crippen LogP contribution is -2.02. The van der Waals surface area contributed by atoms with Crippen LogP contribution in [-0.4, -0.2) is 22.3 Å². The number of rotatable bonds is 12. The molecule has 8 aromatic rings. The molecule has 0 aliphatic heterocycles. The smallest absolute Gasteiger partial charge is 0.119 e. The van der Waals surface area contributed by atoms with Crippen molar-refractivity contribution in [2.45, 2.75) is 110 Å². The fraction of sp³-hybridized carbons (Fsp3) is 0.310. The Morgan fingerprint density at radius 3 is 1.08 bits per heavy atom. The number of aryl methyl sites for hydroxylation is 4.